The maximum Gasteiger partial charge on any atom is 0.283 e. The third kappa shape index (κ3) is 1.29. The minimum Gasteiger partial charge on any atom is -0.267 e. The van der Waals surface area contributed by atoms with Gasteiger partial charge in [-0.25, -0.2) is 4.98 Å². The monoisotopic (exact) mass is 281 g/mol. The molecule has 0 aliphatic rings. The van der Waals surface area contributed by atoms with Gasteiger partial charge in [-0.1, -0.05) is 23.5 Å². The van der Waals surface area contributed by atoms with Gasteiger partial charge in [0.15, 0.2) is 3.92 Å². The topological polar surface area (TPSA) is 47.3 Å². The second kappa shape index (κ2) is 3.11. The molecule has 1 aromatic carbocycles. The van der Waals surface area contributed by atoms with Crippen LogP contribution in [0.4, 0.5) is 0 Å². The average molecular weight is 282 g/mol. The quantitative estimate of drug-likeness (QED) is 0.634. The molecule has 0 aliphatic heterocycles. The Balaban J connectivity index is 2.65. The first-order chi connectivity index (χ1) is 7.25. The maximum absolute atomic E-state index is 11.9. The molecule has 4 nitrogen and oxygen atoms in total. The summed E-state index contributed by atoms with van der Waals surface area (Å²) < 4.78 is 1.97. The van der Waals surface area contributed by atoms with Crippen LogP contribution in [-0.4, -0.2) is 14.6 Å². The van der Waals surface area contributed by atoms with Crippen molar-refractivity contribution in [2.75, 3.05) is 0 Å². The highest BCUT2D eigenvalue weighted by Crippen LogP contribution is 2.18. The summed E-state index contributed by atoms with van der Waals surface area (Å²) >= 11 is 4.58. The third-order valence-electron chi connectivity index (χ3n) is 2.08. The van der Waals surface area contributed by atoms with Crippen molar-refractivity contribution in [2.24, 2.45) is 0 Å². The van der Waals surface area contributed by atoms with Gasteiger partial charge < -0.3 is 0 Å². The molecule has 2 heterocycles. The van der Waals surface area contributed by atoms with Crippen LogP contribution in [0.2, 0.25) is 0 Å². The molecule has 0 amide bonds. The van der Waals surface area contributed by atoms with Gasteiger partial charge in [-0.3, -0.25) is 4.79 Å². The van der Waals surface area contributed by atoms with E-state index in [0.717, 1.165) is 0 Å². The van der Waals surface area contributed by atoms with E-state index < -0.39 is 0 Å². The standard InChI is InChI=1S/C9H4BrN3OS/c10-8-12-13-7(14)5-3-1-2-4-6(5)11-9(13)15-8/h1-4H. The van der Waals surface area contributed by atoms with Crippen molar-refractivity contribution in [3.05, 3.63) is 38.5 Å². The molecule has 0 bridgehead atoms. The fraction of sp³-hybridized carbons (Fsp3) is 0. The molecule has 0 N–H and O–H groups in total. The highest BCUT2D eigenvalue weighted by Gasteiger charge is 2.08. The number of rotatable bonds is 0. The molecule has 3 aromatic rings. The van der Waals surface area contributed by atoms with E-state index in [9.17, 15) is 4.79 Å². The first-order valence-corrected chi connectivity index (χ1v) is 5.81. The van der Waals surface area contributed by atoms with Crippen LogP contribution in [0.5, 0.6) is 0 Å². The SMILES string of the molecule is O=c1c2ccccc2nc2sc(Br)nn12. The van der Waals surface area contributed by atoms with Crippen LogP contribution in [-0.2, 0) is 0 Å². The van der Waals surface area contributed by atoms with E-state index in [4.69, 9.17) is 0 Å². The smallest absolute Gasteiger partial charge is 0.267 e. The van der Waals surface area contributed by atoms with Gasteiger partial charge in [-0.2, -0.15) is 4.52 Å². The van der Waals surface area contributed by atoms with Crippen LogP contribution in [0.15, 0.2) is 33.0 Å². The Labute approximate surface area is 96.3 Å². The molecule has 2 aromatic heterocycles. The highest BCUT2D eigenvalue weighted by atomic mass is 79.9. The van der Waals surface area contributed by atoms with Crippen molar-refractivity contribution in [3.63, 3.8) is 0 Å². The van der Waals surface area contributed by atoms with Crippen LogP contribution in [0.25, 0.3) is 15.9 Å². The second-order valence-electron chi connectivity index (χ2n) is 2.98. The number of fused-ring (bicyclic) bond motifs is 2. The predicted octanol–water partition coefficient (Wildman–Crippen LogP) is 2.07. The van der Waals surface area contributed by atoms with Crippen molar-refractivity contribution in [3.8, 4) is 0 Å². The Morgan fingerprint density at radius 3 is 3.00 bits per heavy atom. The maximum atomic E-state index is 11.9. The molecule has 3 rings (SSSR count). The average Bonchev–Trinajstić information content (AvgIpc) is 2.59. The molecule has 0 radical (unpaired) electrons. The van der Waals surface area contributed by atoms with Crippen molar-refractivity contribution >= 4 is 43.1 Å². The van der Waals surface area contributed by atoms with Crippen molar-refractivity contribution in [1.29, 1.82) is 0 Å². The van der Waals surface area contributed by atoms with E-state index >= 15 is 0 Å². The summed E-state index contributed by atoms with van der Waals surface area (Å²) in [6.07, 6.45) is 0. The minimum atomic E-state index is -0.127. The second-order valence-corrected chi connectivity index (χ2v) is 5.22. The van der Waals surface area contributed by atoms with E-state index in [1.807, 2.05) is 18.2 Å². The number of hydrogen-bond acceptors (Lipinski definition) is 4. The Bertz CT molecular complexity index is 718. The minimum absolute atomic E-state index is 0.127. The normalized spacial score (nSPS) is 11.3. The molecular formula is C9H4BrN3OS. The lowest BCUT2D eigenvalue weighted by Gasteiger charge is -1.95. The van der Waals surface area contributed by atoms with Crippen LogP contribution in [0.3, 0.4) is 0 Å². The van der Waals surface area contributed by atoms with Crippen LogP contribution in [0, 0.1) is 0 Å². The summed E-state index contributed by atoms with van der Waals surface area (Å²) in [7, 11) is 0. The van der Waals surface area contributed by atoms with Gasteiger partial charge >= 0.3 is 0 Å². The van der Waals surface area contributed by atoms with Crippen molar-refractivity contribution < 1.29 is 0 Å². The lowest BCUT2D eigenvalue weighted by atomic mass is 10.2. The zero-order valence-corrected chi connectivity index (χ0v) is 9.75. The number of benzene rings is 1. The lowest BCUT2D eigenvalue weighted by Crippen LogP contribution is -2.14. The van der Waals surface area contributed by atoms with Gasteiger partial charge in [0.25, 0.3) is 5.56 Å². The Morgan fingerprint density at radius 1 is 1.33 bits per heavy atom. The van der Waals surface area contributed by atoms with Crippen LogP contribution in [0.1, 0.15) is 0 Å². The van der Waals surface area contributed by atoms with E-state index in [-0.39, 0.29) is 5.56 Å². The molecular weight excluding hydrogens is 278 g/mol. The van der Waals surface area contributed by atoms with Gasteiger partial charge in [0.1, 0.15) is 0 Å². The van der Waals surface area contributed by atoms with E-state index in [2.05, 4.69) is 26.0 Å². The molecule has 0 fully saturated rings. The first-order valence-electron chi connectivity index (χ1n) is 4.20. The summed E-state index contributed by atoms with van der Waals surface area (Å²) in [6.45, 7) is 0. The Hall–Kier alpha value is -1.27. The van der Waals surface area contributed by atoms with Gasteiger partial charge in [-0.15, -0.1) is 5.10 Å². The molecule has 0 aliphatic carbocycles. The predicted molar refractivity (Wildman–Crippen MR) is 62.3 cm³/mol. The summed E-state index contributed by atoms with van der Waals surface area (Å²) in [5.74, 6) is 0. The summed E-state index contributed by atoms with van der Waals surface area (Å²) in [5.41, 5.74) is 0.580. The van der Waals surface area contributed by atoms with Gasteiger partial charge in [0.2, 0.25) is 4.96 Å². The number of halogens is 1. The molecule has 6 heteroatoms. The lowest BCUT2D eigenvalue weighted by molar-refractivity contribution is 0.904. The molecule has 0 saturated heterocycles. The van der Waals surface area contributed by atoms with Gasteiger partial charge in [-0.05, 0) is 28.1 Å². The fourth-order valence-corrected chi connectivity index (χ4v) is 2.65. The third-order valence-corrected chi connectivity index (χ3v) is 3.42. The van der Waals surface area contributed by atoms with Crippen molar-refractivity contribution in [1.82, 2.24) is 14.6 Å². The zero-order chi connectivity index (χ0) is 10.4. The Morgan fingerprint density at radius 2 is 2.13 bits per heavy atom. The number of para-hydroxylation sites is 1. The highest BCUT2D eigenvalue weighted by molar-refractivity contribution is 9.11. The summed E-state index contributed by atoms with van der Waals surface area (Å²) in [5, 5.41) is 4.63. The van der Waals surface area contributed by atoms with Gasteiger partial charge in [0, 0.05) is 0 Å². The number of aromatic nitrogens is 3. The number of hydrogen-bond donors (Lipinski definition) is 0. The molecule has 0 spiro atoms. The Kier molecular flexibility index (Phi) is 1.86. The zero-order valence-electron chi connectivity index (χ0n) is 7.35. The number of nitrogens with zero attached hydrogens (tertiary/aromatic N) is 3. The molecule has 15 heavy (non-hydrogen) atoms. The van der Waals surface area contributed by atoms with Crippen LogP contribution < -0.4 is 5.56 Å². The molecule has 0 saturated carbocycles. The largest absolute Gasteiger partial charge is 0.283 e. The van der Waals surface area contributed by atoms with Crippen molar-refractivity contribution in [2.45, 2.75) is 0 Å². The van der Waals surface area contributed by atoms with E-state index in [1.54, 1.807) is 6.07 Å². The van der Waals surface area contributed by atoms with E-state index in [0.29, 0.717) is 19.8 Å². The molecule has 0 unspecified atom stereocenters. The molecule has 0 atom stereocenters. The summed E-state index contributed by atoms with van der Waals surface area (Å²) in [4.78, 5) is 16.9. The summed E-state index contributed by atoms with van der Waals surface area (Å²) in [6, 6.07) is 7.26. The van der Waals surface area contributed by atoms with Gasteiger partial charge in [0.05, 0.1) is 10.9 Å². The molecule has 74 valence electrons. The first kappa shape index (κ1) is 8.99. The van der Waals surface area contributed by atoms with Crippen LogP contribution >= 0.6 is 27.3 Å². The van der Waals surface area contributed by atoms with E-state index in [1.165, 1.54) is 15.9 Å². The fourth-order valence-electron chi connectivity index (χ4n) is 1.43.